The quantitative estimate of drug-likeness (QED) is 0.718. The van der Waals surface area contributed by atoms with E-state index in [9.17, 15) is 9.59 Å². The van der Waals surface area contributed by atoms with E-state index in [4.69, 9.17) is 4.98 Å². The number of benzene rings is 1. The highest BCUT2D eigenvalue weighted by atomic mass is 16.2. The summed E-state index contributed by atoms with van der Waals surface area (Å²) in [5.41, 5.74) is 2.36. The molecule has 5 rings (SSSR count). The van der Waals surface area contributed by atoms with Crippen molar-refractivity contribution in [1.29, 1.82) is 0 Å². The van der Waals surface area contributed by atoms with Gasteiger partial charge in [0, 0.05) is 44.6 Å². The number of aryl methyl sites for hydroxylation is 1. The van der Waals surface area contributed by atoms with E-state index in [1.807, 2.05) is 9.47 Å². The molecule has 6 nitrogen and oxygen atoms in total. The van der Waals surface area contributed by atoms with Gasteiger partial charge in [-0.15, -0.1) is 0 Å². The number of likely N-dealkylation sites (tertiary alicyclic amines) is 2. The minimum atomic E-state index is 0.0839. The molecular weight excluding hydrogens is 412 g/mol. The fraction of sp³-hybridized carbons (Fsp3) is 0.593. The van der Waals surface area contributed by atoms with Gasteiger partial charge < -0.3 is 4.90 Å². The van der Waals surface area contributed by atoms with Gasteiger partial charge in [-0.3, -0.25) is 19.1 Å². The van der Waals surface area contributed by atoms with Crippen molar-refractivity contribution in [3.8, 4) is 0 Å². The Hall–Kier alpha value is -2.47. The number of hydrogen-bond acceptors (Lipinski definition) is 4. The monoisotopic (exact) mass is 448 g/mol. The Kier molecular flexibility index (Phi) is 6.91. The van der Waals surface area contributed by atoms with E-state index in [-0.39, 0.29) is 17.4 Å². The van der Waals surface area contributed by atoms with Crippen molar-refractivity contribution in [2.24, 2.45) is 0 Å². The first-order chi connectivity index (χ1) is 16.2. The van der Waals surface area contributed by atoms with Crippen LogP contribution in [0.3, 0.4) is 0 Å². The van der Waals surface area contributed by atoms with Crippen LogP contribution in [0.2, 0.25) is 0 Å². The Morgan fingerprint density at radius 2 is 1.73 bits per heavy atom. The molecule has 3 aliphatic heterocycles. The lowest BCUT2D eigenvalue weighted by atomic mass is 9.90. The molecule has 3 aliphatic rings. The molecule has 33 heavy (non-hydrogen) atoms. The molecule has 2 aromatic rings. The van der Waals surface area contributed by atoms with Crippen molar-refractivity contribution in [2.75, 3.05) is 32.7 Å². The number of aromatic nitrogens is 2. The van der Waals surface area contributed by atoms with E-state index in [0.717, 1.165) is 82.6 Å². The van der Waals surface area contributed by atoms with Gasteiger partial charge in [-0.1, -0.05) is 36.8 Å². The zero-order valence-electron chi connectivity index (χ0n) is 19.6. The molecule has 4 heterocycles. The molecule has 0 saturated carbocycles. The van der Waals surface area contributed by atoms with Gasteiger partial charge in [0.25, 0.3) is 5.56 Å². The number of piperidine rings is 2. The summed E-state index contributed by atoms with van der Waals surface area (Å²) in [5.74, 6) is 1.85. The molecule has 2 fully saturated rings. The molecule has 1 aromatic carbocycles. The molecule has 0 aliphatic carbocycles. The molecule has 1 amide bonds. The first kappa shape index (κ1) is 22.3. The summed E-state index contributed by atoms with van der Waals surface area (Å²) in [6, 6.07) is 12.4. The van der Waals surface area contributed by atoms with Gasteiger partial charge in [0.1, 0.15) is 5.82 Å². The van der Waals surface area contributed by atoms with Crippen LogP contribution in [0.5, 0.6) is 0 Å². The first-order valence-electron chi connectivity index (χ1n) is 12.8. The second-order valence-electron chi connectivity index (χ2n) is 10.1. The van der Waals surface area contributed by atoms with Crippen LogP contribution in [0.15, 0.2) is 41.2 Å². The van der Waals surface area contributed by atoms with Gasteiger partial charge in [-0.25, -0.2) is 4.98 Å². The van der Waals surface area contributed by atoms with Crippen LogP contribution in [0.1, 0.15) is 73.9 Å². The molecule has 2 atom stereocenters. The van der Waals surface area contributed by atoms with Crippen LogP contribution in [-0.4, -0.2) is 58.0 Å². The predicted molar refractivity (Wildman–Crippen MR) is 129 cm³/mol. The molecule has 1 aromatic heterocycles. The first-order valence-corrected chi connectivity index (χ1v) is 12.8. The van der Waals surface area contributed by atoms with Crippen LogP contribution in [0, 0.1) is 0 Å². The molecule has 6 heteroatoms. The van der Waals surface area contributed by atoms with Crippen molar-refractivity contribution in [2.45, 2.75) is 69.7 Å². The maximum absolute atomic E-state index is 13.2. The molecule has 2 unspecified atom stereocenters. The number of carbonyl (C=O) groups excluding carboxylic acids is 1. The van der Waals surface area contributed by atoms with E-state index in [2.05, 4.69) is 35.2 Å². The summed E-state index contributed by atoms with van der Waals surface area (Å²) >= 11 is 0. The van der Waals surface area contributed by atoms with Crippen LogP contribution in [0.25, 0.3) is 0 Å². The zero-order chi connectivity index (χ0) is 22.6. The Morgan fingerprint density at radius 1 is 0.909 bits per heavy atom. The van der Waals surface area contributed by atoms with Gasteiger partial charge in [-0.2, -0.15) is 0 Å². The smallest absolute Gasteiger partial charge is 0.253 e. The average molecular weight is 449 g/mol. The third kappa shape index (κ3) is 5.21. The maximum Gasteiger partial charge on any atom is 0.253 e. The second-order valence-corrected chi connectivity index (χ2v) is 10.1. The molecule has 0 bridgehead atoms. The standard InChI is InChI=1S/C27H36N4O2/c32-26-17-24(28-25-13-5-2-6-16-31(25)26)23-12-8-15-30(19-23)27(33)20-29-14-7-11-22(18-29)21-9-3-1-4-10-21/h1,3-4,9-10,17,22-23H,2,5-8,11-16,18-20H2. The van der Waals surface area contributed by atoms with Gasteiger partial charge >= 0.3 is 0 Å². The minimum Gasteiger partial charge on any atom is -0.341 e. The van der Waals surface area contributed by atoms with Crippen molar-refractivity contribution >= 4 is 5.91 Å². The number of amides is 1. The lowest BCUT2D eigenvalue weighted by Crippen LogP contribution is -2.47. The van der Waals surface area contributed by atoms with Crippen LogP contribution >= 0.6 is 0 Å². The number of hydrogen-bond donors (Lipinski definition) is 0. The van der Waals surface area contributed by atoms with Crippen molar-refractivity contribution < 1.29 is 4.79 Å². The third-order valence-electron chi connectivity index (χ3n) is 7.72. The van der Waals surface area contributed by atoms with Crippen molar-refractivity contribution in [3.63, 3.8) is 0 Å². The summed E-state index contributed by atoms with van der Waals surface area (Å²) < 4.78 is 1.86. The maximum atomic E-state index is 13.2. The summed E-state index contributed by atoms with van der Waals surface area (Å²) in [4.78, 5) is 35.2. The van der Waals surface area contributed by atoms with Crippen molar-refractivity contribution in [3.05, 3.63) is 63.8 Å². The molecule has 0 N–H and O–H groups in total. The fourth-order valence-corrected chi connectivity index (χ4v) is 5.88. The van der Waals surface area contributed by atoms with Crippen LogP contribution in [0.4, 0.5) is 0 Å². The molecule has 176 valence electrons. The summed E-state index contributed by atoms with van der Waals surface area (Å²) in [6.07, 6.45) is 8.51. The Morgan fingerprint density at radius 3 is 2.61 bits per heavy atom. The Labute approximate surface area is 196 Å². The van der Waals surface area contributed by atoms with Crippen LogP contribution in [-0.2, 0) is 17.8 Å². The van der Waals surface area contributed by atoms with E-state index in [1.54, 1.807) is 6.07 Å². The molecule has 0 spiro atoms. The second kappa shape index (κ2) is 10.2. The Bertz CT molecular complexity index is 1020. The fourth-order valence-electron chi connectivity index (χ4n) is 5.88. The van der Waals surface area contributed by atoms with Crippen molar-refractivity contribution in [1.82, 2.24) is 19.4 Å². The number of fused-ring (bicyclic) bond motifs is 1. The van der Waals surface area contributed by atoms with Gasteiger partial charge in [0.05, 0.1) is 12.2 Å². The highest BCUT2D eigenvalue weighted by molar-refractivity contribution is 5.78. The highest BCUT2D eigenvalue weighted by Gasteiger charge is 2.29. The minimum absolute atomic E-state index is 0.0839. The molecular formula is C27H36N4O2. The van der Waals surface area contributed by atoms with E-state index in [0.29, 0.717) is 19.0 Å². The normalized spacial score (nSPS) is 24.2. The van der Waals surface area contributed by atoms with Gasteiger partial charge in [-0.05, 0) is 56.6 Å². The van der Waals surface area contributed by atoms with E-state index < -0.39 is 0 Å². The van der Waals surface area contributed by atoms with Crippen LogP contribution < -0.4 is 5.56 Å². The number of nitrogens with zero attached hydrogens (tertiary/aromatic N) is 4. The summed E-state index contributed by atoms with van der Waals surface area (Å²) in [7, 11) is 0. The zero-order valence-corrected chi connectivity index (χ0v) is 19.6. The lowest BCUT2D eigenvalue weighted by Gasteiger charge is -2.36. The van der Waals surface area contributed by atoms with E-state index in [1.165, 1.54) is 12.0 Å². The third-order valence-corrected chi connectivity index (χ3v) is 7.72. The Balaban J connectivity index is 1.23. The molecule has 0 radical (unpaired) electrons. The van der Waals surface area contributed by atoms with E-state index >= 15 is 0 Å². The summed E-state index contributed by atoms with van der Waals surface area (Å²) in [5, 5.41) is 0. The predicted octanol–water partition coefficient (Wildman–Crippen LogP) is 3.56. The SMILES string of the molecule is O=C(CN1CCCC(c2ccccc2)C1)N1CCCC(c2cc(=O)n3c(n2)CCCCC3)C1. The average Bonchev–Trinajstić information content (AvgIpc) is 3.11. The topological polar surface area (TPSA) is 58.4 Å². The van der Waals surface area contributed by atoms with Gasteiger partial charge in [0.2, 0.25) is 5.91 Å². The molecule has 2 saturated heterocycles. The largest absolute Gasteiger partial charge is 0.341 e. The summed E-state index contributed by atoms with van der Waals surface area (Å²) in [6.45, 7) is 4.73. The highest BCUT2D eigenvalue weighted by Crippen LogP contribution is 2.28. The number of carbonyl (C=O) groups is 1. The lowest BCUT2D eigenvalue weighted by molar-refractivity contribution is -0.134. The number of rotatable bonds is 4. The van der Waals surface area contributed by atoms with Gasteiger partial charge in [0.15, 0.2) is 0 Å².